The first kappa shape index (κ1) is 27.0. The third-order valence-electron chi connectivity index (χ3n) is 5.67. The van der Waals surface area contributed by atoms with Crippen molar-refractivity contribution >= 4 is 13.8 Å². The molecule has 32 heavy (non-hydrogen) atoms. The molecule has 2 unspecified atom stereocenters. The number of phosphoric acid groups is 1. The Hall–Kier alpha value is -1.28. The topological polar surface area (TPSA) is 101 Å². The van der Waals surface area contributed by atoms with Crippen LogP contribution in [0.2, 0.25) is 0 Å². The molecule has 1 N–H and O–H groups in total. The molecule has 0 aliphatic carbocycles. The predicted molar refractivity (Wildman–Crippen MR) is 120 cm³/mol. The number of benzene rings is 1. The number of hydrogen-bond donors (Lipinski definition) is 1. The lowest BCUT2D eigenvalue weighted by atomic mass is 9.83. The second kappa shape index (κ2) is 13.4. The van der Waals surface area contributed by atoms with E-state index in [0.717, 1.165) is 12.8 Å². The van der Waals surface area contributed by atoms with Crippen LogP contribution in [0.15, 0.2) is 30.3 Å². The predicted octanol–water partition coefficient (Wildman–Crippen LogP) is 4.96. The van der Waals surface area contributed by atoms with Crippen LogP contribution in [-0.2, 0) is 27.6 Å². The number of carbonyl (C=O) groups is 1. The Bertz CT molecular complexity index is 714. The minimum atomic E-state index is -3.98. The molecule has 0 bridgehead atoms. The van der Waals surface area contributed by atoms with Crippen molar-refractivity contribution < 1.29 is 37.5 Å². The second-order valence-corrected chi connectivity index (χ2v) is 9.73. The molecule has 0 radical (unpaired) electrons. The van der Waals surface area contributed by atoms with Gasteiger partial charge in [0.1, 0.15) is 0 Å². The molecule has 1 aromatic carbocycles. The van der Waals surface area contributed by atoms with Gasteiger partial charge in [0.05, 0.1) is 31.5 Å². The van der Waals surface area contributed by atoms with E-state index in [1.807, 2.05) is 27.7 Å². The smallest absolute Gasteiger partial charge is 0.453 e. The van der Waals surface area contributed by atoms with Gasteiger partial charge >= 0.3 is 13.8 Å². The summed E-state index contributed by atoms with van der Waals surface area (Å²) in [6.45, 7) is 7.93. The summed E-state index contributed by atoms with van der Waals surface area (Å²) >= 11 is 0. The highest BCUT2D eigenvalue weighted by atomic mass is 31.2. The van der Waals surface area contributed by atoms with Gasteiger partial charge in [-0.3, -0.25) is 13.6 Å². The Kier molecular flexibility index (Phi) is 11.3. The maximum atomic E-state index is 13.4. The van der Waals surface area contributed by atoms with Gasteiger partial charge in [-0.25, -0.2) is 9.36 Å². The van der Waals surface area contributed by atoms with E-state index in [1.54, 1.807) is 30.3 Å². The molecule has 5 atom stereocenters. The Morgan fingerprint density at radius 2 is 1.62 bits per heavy atom. The normalized spacial score (nSPS) is 26.1. The van der Waals surface area contributed by atoms with Gasteiger partial charge in [0.15, 0.2) is 6.10 Å². The molecule has 1 aliphatic rings. The highest BCUT2D eigenvalue weighted by Gasteiger charge is 2.47. The van der Waals surface area contributed by atoms with Crippen LogP contribution < -0.4 is 0 Å². The van der Waals surface area contributed by atoms with Crippen molar-refractivity contribution in [2.45, 2.75) is 71.9 Å². The van der Waals surface area contributed by atoms with Crippen molar-refractivity contribution in [3.05, 3.63) is 35.9 Å². The molecule has 9 heteroatoms. The van der Waals surface area contributed by atoms with E-state index in [9.17, 15) is 14.5 Å². The number of phosphoric ester groups is 1. The summed E-state index contributed by atoms with van der Waals surface area (Å²) in [5.41, 5.74) is 0.386. The Balaban J connectivity index is 2.23. The fourth-order valence-corrected chi connectivity index (χ4v) is 4.67. The summed E-state index contributed by atoms with van der Waals surface area (Å²) in [7, 11) is -3.98. The summed E-state index contributed by atoms with van der Waals surface area (Å²) < 4.78 is 41.8. The average Bonchev–Trinajstić information content (AvgIpc) is 2.79. The van der Waals surface area contributed by atoms with Gasteiger partial charge in [0, 0.05) is 5.92 Å². The molecule has 0 amide bonds. The van der Waals surface area contributed by atoms with Crippen molar-refractivity contribution in [1.29, 1.82) is 0 Å². The standard InChI is InChI=1S/C23H37O8P/c1-5-7-14-27-32(26,28-15-8-6-2)31-23-21(18(4)17(3)20(16-24)29-23)30-22(25)19-12-10-9-11-13-19/h9-13,17-18,20-21,23-24H,5-8,14-16H2,1-4H3/t17-,18+,20?,21?,23+/m1/s1. The molecule has 1 aliphatic heterocycles. The van der Waals surface area contributed by atoms with Crippen LogP contribution in [0.25, 0.3) is 0 Å². The van der Waals surface area contributed by atoms with E-state index >= 15 is 0 Å². The van der Waals surface area contributed by atoms with Crippen LogP contribution in [0.1, 0.15) is 63.7 Å². The number of carbonyl (C=O) groups excluding carboxylic acids is 1. The Morgan fingerprint density at radius 1 is 1.03 bits per heavy atom. The molecule has 0 saturated carbocycles. The number of unbranched alkanes of at least 4 members (excludes halogenated alkanes) is 2. The minimum absolute atomic E-state index is 0.130. The molecule has 182 valence electrons. The van der Waals surface area contributed by atoms with E-state index in [1.165, 1.54) is 0 Å². The van der Waals surface area contributed by atoms with Gasteiger partial charge in [-0.05, 0) is 30.9 Å². The fourth-order valence-electron chi connectivity index (χ4n) is 3.35. The lowest BCUT2D eigenvalue weighted by Gasteiger charge is -2.43. The molecular formula is C23H37O8P. The highest BCUT2D eigenvalue weighted by Crippen LogP contribution is 2.53. The van der Waals surface area contributed by atoms with E-state index in [4.69, 9.17) is 23.0 Å². The summed E-state index contributed by atoms with van der Waals surface area (Å²) in [5, 5.41) is 9.77. The molecule has 0 aromatic heterocycles. The average molecular weight is 473 g/mol. The first-order valence-corrected chi connectivity index (χ1v) is 12.9. The van der Waals surface area contributed by atoms with Gasteiger partial charge in [-0.15, -0.1) is 0 Å². The minimum Gasteiger partial charge on any atom is -0.453 e. The van der Waals surface area contributed by atoms with Gasteiger partial charge in [0.2, 0.25) is 6.29 Å². The molecule has 1 aromatic rings. The van der Waals surface area contributed by atoms with E-state index in [2.05, 4.69) is 0 Å². The summed E-state index contributed by atoms with van der Waals surface area (Å²) in [4.78, 5) is 12.7. The Labute approximate surface area is 191 Å². The molecule has 1 heterocycles. The van der Waals surface area contributed by atoms with E-state index in [-0.39, 0.29) is 31.7 Å². The molecule has 2 rings (SSSR count). The van der Waals surface area contributed by atoms with E-state index < -0.39 is 32.3 Å². The largest absolute Gasteiger partial charge is 0.477 e. The van der Waals surface area contributed by atoms with Crippen molar-refractivity contribution in [2.75, 3.05) is 19.8 Å². The molecule has 1 saturated heterocycles. The number of hydrogen-bond acceptors (Lipinski definition) is 8. The SMILES string of the molecule is CCCCOP(=O)(OCCCC)O[C@@H]1OC(CO)[C@H](C)[C@H](C)C1OC(=O)c1ccccc1. The van der Waals surface area contributed by atoms with Crippen LogP contribution >= 0.6 is 7.82 Å². The zero-order chi connectivity index (χ0) is 23.6. The molecule has 0 spiro atoms. The maximum Gasteiger partial charge on any atom is 0.477 e. The van der Waals surface area contributed by atoms with Crippen molar-refractivity contribution in [3.8, 4) is 0 Å². The number of esters is 1. The van der Waals surface area contributed by atoms with Gasteiger partial charge in [-0.1, -0.05) is 58.7 Å². The van der Waals surface area contributed by atoms with Crippen molar-refractivity contribution in [2.24, 2.45) is 11.8 Å². The van der Waals surface area contributed by atoms with Gasteiger partial charge < -0.3 is 14.6 Å². The van der Waals surface area contributed by atoms with E-state index in [0.29, 0.717) is 18.4 Å². The lowest BCUT2D eigenvalue weighted by molar-refractivity contribution is -0.249. The monoisotopic (exact) mass is 472 g/mol. The maximum absolute atomic E-state index is 13.4. The highest BCUT2D eigenvalue weighted by molar-refractivity contribution is 7.48. The first-order valence-electron chi connectivity index (χ1n) is 11.4. The van der Waals surface area contributed by atoms with Crippen LogP contribution in [0, 0.1) is 11.8 Å². The lowest BCUT2D eigenvalue weighted by Crippen LogP contribution is -2.52. The van der Waals surface area contributed by atoms with Gasteiger partial charge in [0.25, 0.3) is 0 Å². The number of aliphatic hydroxyl groups excluding tert-OH is 1. The fraction of sp³-hybridized carbons (Fsp3) is 0.696. The summed E-state index contributed by atoms with van der Waals surface area (Å²) in [5.74, 6) is -0.906. The third kappa shape index (κ3) is 7.65. The van der Waals surface area contributed by atoms with Gasteiger partial charge in [-0.2, -0.15) is 0 Å². The number of rotatable bonds is 13. The molecule has 1 fully saturated rings. The summed E-state index contributed by atoms with van der Waals surface area (Å²) in [6.07, 6.45) is 0.449. The quantitative estimate of drug-likeness (QED) is 0.244. The van der Waals surface area contributed by atoms with Crippen LogP contribution in [0.4, 0.5) is 0 Å². The van der Waals surface area contributed by atoms with Crippen LogP contribution in [0.5, 0.6) is 0 Å². The van der Waals surface area contributed by atoms with Crippen LogP contribution in [-0.4, -0.2) is 49.4 Å². The number of aliphatic hydroxyl groups is 1. The number of ether oxygens (including phenoxy) is 2. The molecule has 8 nitrogen and oxygen atoms in total. The van der Waals surface area contributed by atoms with Crippen molar-refractivity contribution in [3.63, 3.8) is 0 Å². The second-order valence-electron chi connectivity index (χ2n) is 8.11. The zero-order valence-corrected chi connectivity index (χ0v) is 20.4. The first-order chi connectivity index (χ1) is 15.3. The third-order valence-corrected chi connectivity index (χ3v) is 7.13. The Morgan fingerprint density at radius 3 is 2.16 bits per heavy atom. The molecular weight excluding hydrogens is 435 g/mol. The van der Waals surface area contributed by atoms with Crippen LogP contribution in [0.3, 0.4) is 0 Å². The van der Waals surface area contributed by atoms with Crippen molar-refractivity contribution in [1.82, 2.24) is 0 Å². The summed E-state index contributed by atoms with van der Waals surface area (Å²) in [6, 6.07) is 8.60. The zero-order valence-electron chi connectivity index (χ0n) is 19.5.